The van der Waals surface area contributed by atoms with Crippen LogP contribution in [-0.2, 0) is 24.3 Å². The van der Waals surface area contributed by atoms with E-state index in [4.69, 9.17) is 15.4 Å². The third-order valence-corrected chi connectivity index (χ3v) is 7.39. The molecule has 26 heavy (non-hydrogen) atoms. The molecule has 0 amide bonds. The standard InChI is InChI=1S/C16H19N3O5S2/c1-11(18)13(9-17)14(20)10-24-16(21)12-4-6-19(7-5-12)26(22,23)15-3-2-8-25-15/h2-3,8,12-13,18H,4-7,10H2,1H3. The molecular formula is C16H19N3O5S2. The second-order valence-corrected chi connectivity index (χ2v) is 9.04. The van der Waals surface area contributed by atoms with Crippen LogP contribution in [0.4, 0.5) is 0 Å². The lowest BCUT2D eigenvalue weighted by molar-refractivity contribution is -0.153. The van der Waals surface area contributed by atoms with E-state index >= 15 is 0 Å². The van der Waals surface area contributed by atoms with E-state index in [1.807, 2.05) is 0 Å². The van der Waals surface area contributed by atoms with E-state index in [-0.39, 0.29) is 23.0 Å². The molecule has 2 heterocycles. The van der Waals surface area contributed by atoms with E-state index in [0.717, 1.165) is 11.3 Å². The lowest BCUT2D eigenvalue weighted by atomic mass is 9.98. The Balaban J connectivity index is 1.86. The van der Waals surface area contributed by atoms with E-state index in [1.165, 1.54) is 11.2 Å². The molecule has 1 aromatic heterocycles. The molecule has 0 aliphatic carbocycles. The summed E-state index contributed by atoms with van der Waals surface area (Å²) in [7, 11) is -3.53. The summed E-state index contributed by atoms with van der Waals surface area (Å²) in [5, 5.41) is 17.9. The van der Waals surface area contributed by atoms with Crippen LogP contribution in [0.2, 0.25) is 0 Å². The highest BCUT2D eigenvalue weighted by Crippen LogP contribution is 2.26. The van der Waals surface area contributed by atoms with Crippen molar-refractivity contribution in [3.63, 3.8) is 0 Å². The number of carbonyl (C=O) groups is 2. The molecule has 1 saturated heterocycles. The molecule has 10 heteroatoms. The number of nitrogens with zero attached hydrogens (tertiary/aromatic N) is 2. The summed E-state index contributed by atoms with van der Waals surface area (Å²) >= 11 is 1.15. The third-order valence-electron chi connectivity index (χ3n) is 4.12. The number of sulfonamides is 1. The van der Waals surface area contributed by atoms with Gasteiger partial charge in [-0.1, -0.05) is 6.07 Å². The van der Waals surface area contributed by atoms with Crippen molar-refractivity contribution in [2.45, 2.75) is 24.0 Å². The Morgan fingerprint density at radius 3 is 2.62 bits per heavy atom. The highest BCUT2D eigenvalue weighted by atomic mass is 32.2. The molecule has 8 nitrogen and oxygen atoms in total. The van der Waals surface area contributed by atoms with Gasteiger partial charge in [-0.25, -0.2) is 8.42 Å². The average Bonchev–Trinajstić information content (AvgIpc) is 3.15. The summed E-state index contributed by atoms with van der Waals surface area (Å²) in [5.74, 6) is -2.91. The van der Waals surface area contributed by atoms with Crippen LogP contribution in [0.1, 0.15) is 19.8 Å². The second-order valence-electron chi connectivity index (χ2n) is 5.93. The van der Waals surface area contributed by atoms with Crippen molar-refractivity contribution < 1.29 is 22.7 Å². The zero-order chi connectivity index (χ0) is 19.3. The molecule has 0 aromatic carbocycles. The van der Waals surface area contributed by atoms with Crippen LogP contribution in [0.25, 0.3) is 0 Å². The molecule has 140 valence electrons. The van der Waals surface area contributed by atoms with Gasteiger partial charge in [0.2, 0.25) is 0 Å². The lowest BCUT2D eigenvalue weighted by Crippen LogP contribution is -2.40. The summed E-state index contributed by atoms with van der Waals surface area (Å²) in [6.07, 6.45) is 0.617. The van der Waals surface area contributed by atoms with Crippen LogP contribution in [0.15, 0.2) is 21.7 Å². The number of nitrogens with one attached hydrogen (secondary N) is 1. The fraction of sp³-hybridized carbons (Fsp3) is 0.500. The number of rotatable bonds is 7. The number of ketones is 1. The monoisotopic (exact) mass is 397 g/mol. The molecule has 1 fully saturated rings. The summed E-state index contributed by atoms with van der Waals surface area (Å²) in [6.45, 7) is 1.20. The van der Waals surface area contributed by atoms with Crippen molar-refractivity contribution >= 4 is 38.8 Å². The quantitative estimate of drug-likeness (QED) is 0.547. The van der Waals surface area contributed by atoms with Crippen molar-refractivity contribution in [2.75, 3.05) is 19.7 Å². The Morgan fingerprint density at radius 2 is 2.12 bits per heavy atom. The van der Waals surface area contributed by atoms with Gasteiger partial charge in [0.25, 0.3) is 10.0 Å². The molecular weight excluding hydrogens is 378 g/mol. The fourth-order valence-corrected chi connectivity index (χ4v) is 5.24. The average molecular weight is 397 g/mol. The number of hydrogen-bond donors (Lipinski definition) is 1. The number of carbonyl (C=O) groups excluding carboxylic acids is 2. The molecule has 0 spiro atoms. The first-order valence-corrected chi connectivity index (χ1v) is 10.3. The fourth-order valence-electron chi connectivity index (χ4n) is 2.62. The van der Waals surface area contributed by atoms with Crippen molar-refractivity contribution in [3.8, 4) is 6.07 Å². The molecule has 1 aliphatic heterocycles. The van der Waals surface area contributed by atoms with Crippen LogP contribution in [-0.4, -0.2) is 49.9 Å². The van der Waals surface area contributed by atoms with Crippen molar-refractivity contribution in [1.29, 1.82) is 10.7 Å². The van der Waals surface area contributed by atoms with E-state index < -0.39 is 40.2 Å². The number of hydrogen-bond acceptors (Lipinski definition) is 8. The zero-order valence-corrected chi connectivity index (χ0v) is 15.8. The zero-order valence-electron chi connectivity index (χ0n) is 14.2. The predicted octanol–water partition coefficient (Wildman–Crippen LogP) is 1.44. The number of ether oxygens (including phenoxy) is 1. The largest absolute Gasteiger partial charge is 0.457 e. The number of Topliss-reactive ketones (excluding diaryl/α,β-unsaturated/α-hetero) is 1. The number of piperidine rings is 1. The third kappa shape index (κ3) is 4.55. The van der Waals surface area contributed by atoms with Crippen LogP contribution < -0.4 is 0 Å². The van der Waals surface area contributed by atoms with E-state index in [2.05, 4.69) is 0 Å². The molecule has 0 radical (unpaired) electrons. The summed E-state index contributed by atoms with van der Waals surface area (Å²) in [4.78, 5) is 23.9. The number of nitriles is 1. The highest BCUT2D eigenvalue weighted by Gasteiger charge is 2.33. The van der Waals surface area contributed by atoms with Crippen LogP contribution >= 0.6 is 11.3 Å². The van der Waals surface area contributed by atoms with Gasteiger partial charge in [0, 0.05) is 18.8 Å². The Hall–Kier alpha value is -2.09. The SMILES string of the molecule is CC(=N)C(C#N)C(=O)COC(=O)C1CCN(S(=O)(=O)c2cccs2)CC1. The van der Waals surface area contributed by atoms with Gasteiger partial charge in [-0.15, -0.1) is 11.3 Å². The van der Waals surface area contributed by atoms with Gasteiger partial charge < -0.3 is 10.1 Å². The first kappa shape index (κ1) is 20.2. The first-order chi connectivity index (χ1) is 12.3. The lowest BCUT2D eigenvalue weighted by Gasteiger charge is -2.29. The maximum atomic E-state index is 12.4. The molecule has 1 aliphatic rings. The van der Waals surface area contributed by atoms with Gasteiger partial charge in [0.1, 0.15) is 10.1 Å². The highest BCUT2D eigenvalue weighted by molar-refractivity contribution is 7.91. The van der Waals surface area contributed by atoms with Gasteiger partial charge in [0.15, 0.2) is 12.4 Å². The first-order valence-electron chi connectivity index (χ1n) is 7.95. The van der Waals surface area contributed by atoms with Gasteiger partial charge >= 0.3 is 5.97 Å². The van der Waals surface area contributed by atoms with Gasteiger partial charge in [0.05, 0.1) is 12.0 Å². The molecule has 1 aromatic rings. The van der Waals surface area contributed by atoms with Crippen LogP contribution in [0.3, 0.4) is 0 Å². The number of esters is 1. The van der Waals surface area contributed by atoms with Gasteiger partial charge in [-0.05, 0) is 31.2 Å². The maximum absolute atomic E-state index is 12.4. The van der Waals surface area contributed by atoms with Crippen molar-refractivity contribution in [1.82, 2.24) is 4.31 Å². The predicted molar refractivity (Wildman–Crippen MR) is 94.3 cm³/mol. The van der Waals surface area contributed by atoms with E-state index in [9.17, 15) is 18.0 Å². The van der Waals surface area contributed by atoms with Crippen molar-refractivity contribution in [3.05, 3.63) is 17.5 Å². The van der Waals surface area contributed by atoms with E-state index in [0.29, 0.717) is 12.8 Å². The summed E-state index contributed by atoms with van der Waals surface area (Å²) < 4.78 is 31.5. The van der Waals surface area contributed by atoms with Gasteiger partial charge in [-0.3, -0.25) is 9.59 Å². The summed E-state index contributed by atoms with van der Waals surface area (Å²) in [6, 6.07) is 4.92. The molecule has 1 N–H and O–H groups in total. The Labute approximate surface area is 155 Å². The Bertz CT molecular complexity index is 819. The van der Waals surface area contributed by atoms with E-state index in [1.54, 1.807) is 23.6 Å². The Morgan fingerprint density at radius 1 is 1.46 bits per heavy atom. The summed E-state index contributed by atoms with van der Waals surface area (Å²) in [5.41, 5.74) is -0.0966. The molecule has 0 saturated carbocycles. The normalized spacial score (nSPS) is 17.2. The number of thiophene rings is 1. The van der Waals surface area contributed by atoms with Crippen LogP contribution in [0.5, 0.6) is 0 Å². The smallest absolute Gasteiger partial charge is 0.309 e. The minimum absolute atomic E-state index is 0.0966. The second kappa shape index (κ2) is 8.53. The topological polar surface area (TPSA) is 128 Å². The maximum Gasteiger partial charge on any atom is 0.309 e. The molecule has 2 rings (SSSR count). The molecule has 1 atom stereocenters. The Kier molecular flexibility index (Phi) is 6.63. The molecule has 0 bridgehead atoms. The van der Waals surface area contributed by atoms with Gasteiger partial charge in [-0.2, -0.15) is 9.57 Å². The van der Waals surface area contributed by atoms with Crippen LogP contribution in [0, 0.1) is 28.6 Å². The van der Waals surface area contributed by atoms with Crippen molar-refractivity contribution in [2.24, 2.45) is 11.8 Å². The minimum Gasteiger partial charge on any atom is -0.457 e. The molecule has 1 unspecified atom stereocenters. The minimum atomic E-state index is -3.53.